The predicted octanol–water partition coefficient (Wildman–Crippen LogP) is 4.59. The van der Waals surface area contributed by atoms with Gasteiger partial charge in [-0.05, 0) is 76.5 Å². The summed E-state index contributed by atoms with van der Waals surface area (Å²) in [6, 6.07) is 14.0. The summed E-state index contributed by atoms with van der Waals surface area (Å²) in [5, 5.41) is 23.3. The lowest BCUT2D eigenvalue weighted by Gasteiger charge is -2.28. The predicted molar refractivity (Wildman–Crippen MR) is 134 cm³/mol. The summed E-state index contributed by atoms with van der Waals surface area (Å²) < 4.78 is 5.73. The summed E-state index contributed by atoms with van der Waals surface area (Å²) in [5.41, 5.74) is 4.78. The third kappa shape index (κ3) is 5.27. The molecule has 1 aliphatic carbocycles. The van der Waals surface area contributed by atoms with E-state index in [1.807, 2.05) is 51.0 Å². The Labute approximate surface area is 204 Å². The van der Waals surface area contributed by atoms with Crippen molar-refractivity contribution in [2.45, 2.75) is 45.3 Å². The van der Waals surface area contributed by atoms with Gasteiger partial charge in [-0.2, -0.15) is 5.26 Å². The highest BCUT2D eigenvalue weighted by molar-refractivity contribution is 7.17. The van der Waals surface area contributed by atoms with Crippen LogP contribution < -0.4 is 10.1 Å². The number of hydrogen-bond acceptors (Lipinski definition) is 7. The van der Waals surface area contributed by atoms with Crippen molar-refractivity contribution in [2.75, 3.05) is 20.6 Å². The number of carbonyl (C=O) groups is 1. The van der Waals surface area contributed by atoms with Gasteiger partial charge in [-0.15, -0.1) is 10.2 Å². The van der Waals surface area contributed by atoms with Crippen LogP contribution in [0.1, 0.15) is 49.4 Å². The Morgan fingerprint density at radius 3 is 2.79 bits per heavy atom. The van der Waals surface area contributed by atoms with Crippen LogP contribution in [0.15, 0.2) is 36.4 Å². The van der Waals surface area contributed by atoms with Crippen molar-refractivity contribution >= 4 is 17.2 Å². The van der Waals surface area contributed by atoms with Gasteiger partial charge in [0, 0.05) is 11.1 Å². The molecule has 0 fully saturated rings. The van der Waals surface area contributed by atoms with E-state index in [1.54, 1.807) is 6.07 Å². The number of nitrogens with one attached hydrogen (secondary N) is 1. The molecule has 0 bridgehead atoms. The van der Waals surface area contributed by atoms with Gasteiger partial charge in [0.15, 0.2) is 0 Å². The lowest BCUT2D eigenvalue weighted by molar-refractivity contribution is -0.122. The standard InChI is InChI=1S/C26H29N5O2S/c1-16(2)33-23-12-11-17(13-18(23)14-27)25-29-30-26(34-25)21-9-5-8-20-19(21)7-6-10-22(20)28-24(32)15-31(3)4/h5,8-9,11-13,16,22H,6-7,10,15H2,1-4H3,(H,28,32)/t22-/m0/s1. The van der Waals surface area contributed by atoms with E-state index in [-0.39, 0.29) is 18.1 Å². The van der Waals surface area contributed by atoms with Gasteiger partial charge in [-0.25, -0.2) is 0 Å². The molecule has 1 heterocycles. The fourth-order valence-corrected chi connectivity index (χ4v) is 5.17. The van der Waals surface area contributed by atoms with E-state index in [1.165, 1.54) is 16.9 Å². The van der Waals surface area contributed by atoms with Crippen LogP contribution in [0.2, 0.25) is 0 Å². The van der Waals surface area contributed by atoms with E-state index in [9.17, 15) is 10.1 Å². The highest BCUT2D eigenvalue weighted by atomic mass is 32.1. The average Bonchev–Trinajstić information content (AvgIpc) is 3.28. The Hall–Kier alpha value is -3.28. The summed E-state index contributed by atoms with van der Waals surface area (Å²) >= 11 is 1.51. The molecule has 1 aliphatic rings. The molecule has 176 valence electrons. The molecule has 8 heteroatoms. The normalized spacial score (nSPS) is 15.1. The Balaban J connectivity index is 1.62. The minimum Gasteiger partial charge on any atom is -0.490 e. The number of hydrogen-bond donors (Lipinski definition) is 1. The second kappa shape index (κ2) is 10.3. The molecular formula is C26H29N5O2S. The van der Waals surface area contributed by atoms with Crippen LogP contribution in [0.25, 0.3) is 21.1 Å². The molecule has 0 unspecified atom stereocenters. The fourth-order valence-electron chi connectivity index (χ4n) is 4.28. The summed E-state index contributed by atoms with van der Waals surface area (Å²) in [5.74, 6) is 0.607. The maximum atomic E-state index is 12.4. The van der Waals surface area contributed by atoms with Crippen LogP contribution in [0.3, 0.4) is 0 Å². The molecule has 1 aromatic heterocycles. The van der Waals surface area contributed by atoms with Crippen molar-refractivity contribution in [2.24, 2.45) is 0 Å². The van der Waals surface area contributed by atoms with Crippen LogP contribution >= 0.6 is 11.3 Å². The van der Waals surface area contributed by atoms with E-state index < -0.39 is 0 Å². The largest absolute Gasteiger partial charge is 0.490 e. The van der Waals surface area contributed by atoms with Gasteiger partial charge in [-0.1, -0.05) is 29.5 Å². The van der Waals surface area contributed by atoms with Crippen LogP contribution in [0.4, 0.5) is 0 Å². The Morgan fingerprint density at radius 1 is 1.26 bits per heavy atom. The van der Waals surface area contributed by atoms with Gasteiger partial charge < -0.3 is 15.0 Å². The highest BCUT2D eigenvalue weighted by Gasteiger charge is 2.25. The van der Waals surface area contributed by atoms with Crippen molar-refractivity contribution in [3.63, 3.8) is 0 Å². The first-order valence-electron chi connectivity index (χ1n) is 11.5. The van der Waals surface area contributed by atoms with Gasteiger partial charge in [0.1, 0.15) is 21.8 Å². The molecule has 1 atom stereocenters. The summed E-state index contributed by atoms with van der Waals surface area (Å²) in [4.78, 5) is 14.2. The first-order chi connectivity index (χ1) is 16.4. The van der Waals surface area contributed by atoms with Crippen molar-refractivity contribution in [1.82, 2.24) is 20.4 Å². The first-order valence-corrected chi connectivity index (χ1v) is 12.3. The average molecular weight is 476 g/mol. The number of likely N-dealkylation sites (N-methyl/N-ethyl adjacent to an activating group) is 1. The molecule has 0 spiro atoms. The molecule has 1 N–H and O–H groups in total. The van der Waals surface area contributed by atoms with Crippen molar-refractivity contribution in [1.29, 1.82) is 5.26 Å². The maximum Gasteiger partial charge on any atom is 0.234 e. The highest BCUT2D eigenvalue weighted by Crippen LogP contribution is 2.39. The minimum atomic E-state index is -0.00756. The van der Waals surface area contributed by atoms with Gasteiger partial charge in [0.05, 0.1) is 24.3 Å². The Bertz CT molecular complexity index is 1230. The lowest BCUT2D eigenvalue weighted by Crippen LogP contribution is -2.37. The first kappa shape index (κ1) is 23.9. The topological polar surface area (TPSA) is 91.1 Å². The van der Waals surface area contributed by atoms with E-state index in [4.69, 9.17) is 4.74 Å². The van der Waals surface area contributed by atoms with Crippen LogP contribution in [0, 0.1) is 11.3 Å². The summed E-state index contributed by atoms with van der Waals surface area (Å²) in [6.07, 6.45) is 2.87. The van der Waals surface area contributed by atoms with E-state index in [2.05, 4.69) is 33.7 Å². The van der Waals surface area contributed by atoms with E-state index in [0.717, 1.165) is 46.0 Å². The Kier molecular flexibility index (Phi) is 7.25. The molecule has 2 aromatic carbocycles. The molecule has 0 saturated heterocycles. The summed E-state index contributed by atoms with van der Waals surface area (Å²) in [6.45, 7) is 4.24. The number of ether oxygens (including phenoxy) is 1. The quantitative estimate of drug-likeness (QED) is 0.538. The second-order valence-corrected chi connectivity index (χ2v) is 10.0. The molecular weight excluding hydrogens is 446 g/mol. The third-order valence-electron chi connectivity index (χ3n) is 5.67. The smallest absolute Gasteiger partial charge is 0.234 e. The number of rotatable bonds is 7. The van der Waals surface area contributed by atoms with Crippen molar-refractivity contribution in [3.8, 4) is 33.0 Å². The molecule has 0 saturated carbocycles. The number of nitriles is 1. The van der Waals surface area contributed by atoms with Crippen LogP contribution in [0.5, 0.6) is 5.75 Å². The molecule has 0 radical (unpaired) electrons. The number of benzene rings is 2. The van der Waals surface area contributed by atoms with Crippen LogP contribution in [-0.4, -0.2) is 47.7 Å². The van der Waals surface area contributed by atoms with Crippen molar-refractivity contribution in [3.05, 3.63) is 53.1 Å². The molecule has 0 aliphatic heterocycles. The zero-order chi connectivity index (χ0) is 24.2. The van der Waals surface area contributed by atoms with Crippen molar-refractivity contribution < 1.29 is 9.53 Å². The lowest BCUT2D eigenvalue weighted by atomic mass is 9.85. The SMILES string of the molecule is CC(C)Oc1ccc(-c2nnc(-c3cccc4c3CCC[C@@H]4NC(=O)CN(C)C)s2)cc1C#N. The third-order valence-corrected chi connectivity index (χ3v) is 6.67. The number of fused-ring (bicyclic) bond motifs is 1. The second-order valence-electron chi connectivity index (χ2n) is 9.03. The number of carbonyl (C=O) groups excluding carboxylic acids is 1. The van der Waals surface area contributed by atoms with Crippen LogP contribution in [-0.2, 0) is 11.2 Å². The molecule has 1 amide bonds. The zero-order valence-corrected chi connectivity index (χ0v) is 20.8. The van der Waals surface area contributed by atoms with E-state index >= 15 is 0 Å². The number of nitrogens with zero attached hydrogens (tertiary/aromatic N) is 4. The van der Waals surface area contributed by atoms with Gasteiger partial charge in [-0.3, -0.25) is 4.79 Å². The monoisotopic (exact) mass is 475 g/mol. The summed E-state index contributed by atoms with van der Waals surface area (Å²) in [7, 11) is 3.79. The molecule has 7 nitrogen and oxygen atoms in total. The van der Waals surface area contributed by atoms with Gasteiger partial charge in [0.25, 0.3) is 0 Å². The van der Waals surface area contributed by atoms with Gasteiger partial charge in [0.2, 0.25) is 5.91 Å². The molecule has 4 rings (SSSR count). The Morgan fingerprint density at radius 2 is 2.06 bits per heavy atom. The maximum absolute atomic E-state index is 12.4. The molecule has 3 aromatic rings. The fraction of sp³-hybridized carbons (Fsp3) is 0.385. The zero-order valence-electron chi connectivity index (χ0n) is 20.0. The van der Waals surface area contributed by atoms with E-state index in [0.29, 0.717) is 17.9 Å². The minimum absolute atomic E-state index is 0.00756. The molecule has 34 heavy (non-hydrogen) atoms. The number of amides is 1. The van der Waals surface area contributed by atoms with Gasteiger partial charge >= 0.3 is 0 Å². The number of aromatic nitrogens is 2.